The van der Waals surface area contributed by atoms with Crippen molar-refractivity contribution in [2.75, 3.05) is 24.7 Å². The summed E-state index contributed by atoms with van der Waals surface area (Å²) >= 11 is 0. The van der Waals surface area contributed by atoms with E-state index in [1.54, 1.807) is 9.80 Å². The second-order valence-electron chi connectivity index (χ2n) is 7.28. The van der Waals surface area contributed by atoms with Crippen molar-refractivity contribution in [2.45, 2.75) is 52.2 Å². The van der Waals surface area contributed by atoms with Crippen molar-refractivity contribution in [3.8, 4) is 11.5 Å². The van der Waals surface area contributed by atoms with E-state index in [0.717, 1.165) is 5.69 Å². The molecule has 142 valence electrons. The molecule has 1 atom stereocenters. The molecule has 0 spiro atoms. The first-order chi connectivity index (χ1) is 12.4. The summed E-state index contributed by atoms with van der Waals surface area (Å²) in [5.74, 6) is 1.34. The third-order valence-electron chi connectivity index (χ3n) is 4.64. The highest BCUT2D eigenvalue weighted by atomic mass is 16.6. The van der Waals surface area contributed by atoms with E-state index in [4.69, 9.17) is 9.47 Å². The molecule has 3 amide bonds. The van der Waals surface area contributed by atoms with Crippen molar-refractivity contribution in [3.63, 3.8) is 0 Å². The minimum absolute atomic E-state index is 0.00683. The van der Waals surface area contributed by atoms with Gasteiger partial charge in [0.05, 0.1) is 6.04 Å². The van der Waals surface area contributed by atoms with E-state index in [2.05, 4.69) is 5.32 Å². The summed E-state index contributed by atoms with van der Waals surface area (Å²) in [7, 11) is 0. The molecule has 0 bridgehead atoms. The molecule has 1 N–H and O–H groups in total. The van der Waals surface area contributed by atoms with Gasteiger partial charge < -0.3 is 24.6 Å². The first-order valence-electron chi connectivity index (χ1n) is 9.15. The van der Waals surface area contributed by atoms with Crippen molar-refractivity contribution < 1.29 is 19.1 Å². The number of nitrogens with zero attached hydrogens (tertiary/aromatic N) is 2. The Morgan fingerprint density at radius 2 is 1.81 bits per heavy atom. The summed E-state index contributed by atoms with van der Waals surface area (Å²) in [6, 6.07) is 5.36. The zero-order chi connectivity index (χ0) is 18.8. The first kappa shape index (κ1) is 18.4. The van der Waals surface area contributed by atoms with Crippen molar-refractivity contribution in [2.24, 2.45) is 0 Å². The Hall–Kier alpha value is -2.44. The molecule has 1 aromatic carbocycles. The van der Waals surface area contributed by atoms with Crippen LogP contribution in [0.3, 0.4) is 0 Å². The van der Waals surface area contributed by atoms with E-state index in [1.807, 2.05) is 45.9 Å². The van der Waals surface area contributed by atoms with Crippen LogP contribution in [0.4, 0.5) is 10.5 Å². The predicted molar refractivity (Wildman–Crippen MR) is 98.8 cm³/mol. The number of nitrogens with one attached hydrogen (secondary N) is 1. The average Bonchev–Trinajstić information content (AvgIpc) is 2.93. The standard InChI is InChI=1S/C19H27N3O4/c1-12(2)22(13(3)4)19(24)20-14-9-18(23)21(11-14)15-5-6-16-17(10-15)26-8-7-25-16/h5-6,10,12-14H,7-9,11H2,1-4H3,(H,20,24). The lowest BCUT2D eigenvalue weighted by Gasteiger charge is -2.32. The highest BCUT2D eigenvalue weighted by Crippen LogP contribution is 2.35. The van der Waals surface area contributed by atoms with Crippen LogP contribution in [0, 0.1) is 0 Å². The molecule has 2 aliphatic rings. The second kappa shape index (κ2) is 7.43. The van der Waals surface area contributed by atoms with Gasteiger partial charge in [0.1, 0.15) is 13.2 Å². The third kappa shape index (κ3) is 3.71. The van der Waals surface area contributed by atoms with Crippen LogP contribution in [0.5, 0.6) is 11.5 Å². The molecular formula is C19H27N3O4. The van der Waals surface area contributed by atoms with Crippen LogP contribution in [0.1, 0.15) is 34.1 Å². The van der Waals surface area contributed by atoms with Gasteiger partial charge >= 0.3 is 6.03 Å². The van der Waals surface area contributed by atoms with Gasteiger partial charge in [-0.1, -0.05) is 0 Å². The lowest BCUT2D eigenvalue weighted by molar-refractivity contribution is -0.117. The summed E-state index contributed by atoms with van der Waals surface area (Å²) < 4.78 is 11.1. The number of carbonyl (C=O) groups is 2. The Labute approximate surface area is 154 Å². The summed E-state index contributed by atoms with van der Waals surface area (Å²) in [4.78, 5) is 28.5. The Kier molecular flexibility index (Phi) is 5.25. The van der Waals surface area contributed by atoms with Gasteiger partial charge in [-0.2, -0.15) is 0 Å². The number of fused-ring (bicyclic) bond motifs is 1. The molecule has 3 rings (SSSR count). The summed E-state index contributed by atoms with van der Waals surface area (Å²) in [6.07, 6.45) is 0.296. The van der Waals surface area contributed by atoms with E-state index in [1.165, 1.54) is 0 Å². The molecule has 0 saturated carbocycles. The van der Waals surface area contributed by atoms with E-state index in [-0.39, 0.29) is 30.1 Å². The Balaban J connectivity index is 1.68. The van der Waals surface area contributed by atoms with Crippen LogP contribution >= 0.6 is 0 Å². The molecule has 2 aliphatic heterocycles. The van der Waals surface area contributed by atoms with Crippen molar-refractivity contribution in [1.82, 2.24) is 10.2 Å². The van der Waals surface area contributed by atoms with Crippen molar-refractivity contribution in [3.05, 3.63) is 18.2 Å². The fourth-order valence-electron chi connectivity index (χ4n) is 3.57. The highest BCUT2D eigenvalue weighted by Gasteiger charge is 2.33. The maximum atomic E-state index is 12.6. The zero-order valence-electron chi connectivity index (χ0n) is 15.8. The van der Waals surface area contributed by atoms with Crippen molar-refractivity contribution in [1.29, 1.82) is 0 Å². The van der Waals surface area contributed by atoms with E-state index in [9.17, 15) is 9.59 Å². The van der Waals surface area contributed by atoms with Crippen LogP contribution < -0.4 is 19.7 Å². The Morgan fingerprint density at radius 1 is 1.15 bits per heavy atom. The van der Waals surface area contributed by atoms with Gasteiger partial charge in [-0.25, -0.2) is 4.79 Å². The van der Waals surface area contributed by atoms with Crippen LogP contribution in [0.15, 0.2) is 18.2 Å². The zero-order valence-corrected chi connectivity index (χ0v) is 15.8. The summed E-state index contributed by atoms with van der Waals surface area (Å²) in [6.45, 7) is 9.44. The molecule has 2 heterocycles. The third-order valence-corrected chi connectivity index (χ3v) is 4.64. The number of ether oxygens (including phenoxy) is 2. The molecule has 7 nitrogen and oxygen atoms in total. The maximum Gasteiger partial charge on any atom is 0.318 e. The number of hydrogen-bond acceptors (Lipinski definition) is 4. The molecule has 1 aromatic rings. The summed E-state index contributed by atoms with van der Waals surface area (Å²) in [5, 5.41) is 3.00. The quantitative estimate of drug-likeness (QED) is 0.894. The van der Waals surface area contributed by atoms with Crippen LogP contribution in [0.2, 0.25) is 0 Å². The fourth-order valence-corrected chi connectivity index (χ4v) is 3.57. The van der Waals surface area contributed by atoms with E-state index in [0.29, 0.717) is 37.7 Å². The topological polar surface area (TPSA) is 71.1 Å². The number of benzene rings is 1. The lowest BCUT2D eigenvalue weighted by atomic mass is 10.2. The van der Waals surface area contributed by atoms with Crippen LogP contribution in [-0.4, -0.2) is 54.7 Å². The normalized spacial score (nSPS) is 19.2. The number of rotatable bonds is 4. The van der Waals surface area contributed by atoms with Crippen LogP contribution in [-0.2, 0) is 4.79 Å². The van der Waals surface area contributed by atoms with Gasteiger partial charge in [0.2, 0.25) is 5.91 Å². The number of anilines is 1. The van der Waals surface area contributed by atoms with E-state index >= 15 is 0 Å². The Bertz CT molecular complexity index is 681. The molecule has 0 radical (unpaired) electrons. The minimum Gasteiger partial charge on any atom is -0.486 e. The van der Waals surface area contributed by atoms with Crippen molar-refractivity contribution >= 4 is 17.6 Å². The van der Waals surface area contributed by atoms with Gasteiger partial charge in [-0.15, -0.1) is 0 Å². The molecule has 1 unspecified atom stereocenters. The fraction of sp³-hybridized carbons (Fsp3) is 0.579. The molecule has 0 aromatic heterocycles. The van der Waals surface area contributed by atoms with Gasteiger partial charge in [-0.05, 0) is 39.8 Å². The number of carbonyl (C=O) groups excluding carboxylic acids is 2. The largest absolute Gasteiger partial charge is 0.486 e. The van der Waals surface area contributed by atoms with Gasteiger partial charge in [0.25, 0.3) is 0 Å². The smallest absolute Gasteiger partial charge is 0.318 e. The second-order valence-corrected chi connectivity index (χ2v) is 7.28. The van der Waals surface area contributed by atoms with Crippen LogP contribution in [0.25, 0.3) is 0 Å². The van der Waals surface area contributed by atoms with Gasteiger partial charge in [0, 0.05) is 36.8 Å². The minimum atomic E-state index is -0.205. The number of amides is 3. The highest BCUT2D eigenvalue weighted by molar-refractivity contribution is 5.97. The summed E-state index contributed by atoms with van der Waals surface area (Å²) in [5.41, 5.74) is 0.764. The predicted octanol–water partition coefficient (Wildman–Crippen LogP) is 2.39. The Morgan fingerprint density at radius 3 is 2.46 bits per heavy atom. The molecule has 7 heteroatoms. The molecular weight excluding hydrogens is 334 g/mol. The number of urea groups is 1. The monoisotopic (exact) mass is 361 g/mol. The SMILES string of the molecule is CC(C)N(C(=O)NC1CC(=O)N(c2ccc3c(c2)OCCO3)C1)C(C)C. The first-order valence-corrected chi connectivity index (χ1v) is 9.15. The van der Waals surface area contributed by atoms with E-state index < -0.39 is 0 Å². The average molecular weight is 361 g/mol. The molecule has 0 aliphatic carbocycles. The molecule has 26 heavy (non-hydrogen) atoms. The lowest BCUT2D eigenvalue weighted by Crippen LogP contribution is -2.51. The number of hydrogen-bond donors (Lipinski definition) is 1. The van der Waals surface area contributed by atoms with Gasteiger partial charge in [-0.3, -0.25) is 4.79 Å². The molecule has 1 fully saturated rings. The molecule has 1 saturated heterocycles. The van der Waals surface area contributed by atoms with Gasteiger partial charge in [0.15, 0.2) is 11.5 Å². The maximum absolute atomic E-state index is 12.6.